The van der Waals surface area contributed by atoms with Gasteiger partial charge in [-0.25, -0.2) is 8.42 Å². The Hall–Kier alpha value is -2.21. The number of fused-ring (bicyclic) bond motifs is 1. The molecule has 5 heteroatoms. The van der Waals surface area contributed by atoms with Gasteiger partial charge in [-0.3, -0.25) is 0 Å². The summed E-state index contributed by atoms with van der Waals surface area (Å²) in [4.78, 5) is 1.41. The van der Waals surface area contributed by atoms with Crippen molar-refractivity contribution in [1.82, 2.24) is 4.31 Å². The molecular weight excluding hydrogens is 374 g/mol. The number of rotatable bonds is 8. The van der Waals surface area contributed by atoms with Crippen molar-refractivity contribution < 1.29 is 8.42 Å². The van der Waals surface area contributed by atoms with Crippen LogP contribution in [0.25, 0.3) is 10.1 Å². The zero-order valence-electron chi connectivity index (χ0n) is 15.3. The van der Waals surface area contributed by atoms with Gasteiger partial charge in [-0.2, -0.15) is 4.31 Å². The van der Waals surface area contributed by atoms with Crippen LogP contribution < -0.4 is 0 Å². The van der Waals surface area contributed by atoms with E-state index in [1.54, 1.807) is 29.5 Å². The van der Waals surface area contributed by atoms with Crippen LogP contribution in [-0.4, -0.2) is 25.8 Å². The summed E-state index contributed by atoms with van der Waals surface area (Å²) in [6.45, 7) is 10.2. The summed E-state index contributed by atoms with van der Waals surface area (Å²) in [5, 5.41) is 1.17. The maximum absolute atomic E-state index is 13.1. The normalized spacial score (nSPS) is 13.0. The molecule has 3 aromatic rings. The number of hydrogen-bond acceptors (Lipinski definition) is 3. The van der Waals surface area contributed by atoms with Gasteiger partial charge < -0.3 is 0 Å². The van der Waals surface area contributed by atoms with Crippen molar-refractivity contribution in [3.8, 4) is 0 Å². The third kappa shape index (κ3) is 4.21. The van der Waals surface area contributed by atoms with E-state index < -0.39 is 10.0 Å². The lowest BCUT2D eigenvalue weighted by atomic mass is 10.1. The number of thiophene rings is 1. The Morgan fingerprint density at radius 1 is 1.11 bits per heavy atom. The molecule has 1 atom stereocenters. The van der Waals surface area contributed by atoms with Crippen LogP contribution >= 0.6 is 11.3 Å². The molecule has 27 heavy (non-hydrogen) atoms. The molecule has 1 unspecified atom stereocenters. The first-order valence-corrected chi connectivity index (χ1v) is 11.0. The molecule has 0 spiro atoms. The highest BCUT2D eigenvalue weighted by Gasteiger charge is 2.26. The highest BCUT2D eigenvalue weighted by Crippen LogP contribution is 2.33. The van der Waals surface area contributed by atoms with Gasteiger partial charge in [0.25, 0.3) is 0 Å². The number of nitrogens with zero attached hydrogens (tertiary/aromatic N) is 1. The molecular formula is C22H23NO2S2. The quantitative estimate of drug-likeness (QED) is 0.480. The van der Waals surface area contributed by atoms with Gasteiger partial charge in [0.05, 0.1) is 4.90 Å². The molecule has 1 heterocycles. The average Bonchev–Trinajstić information content (AvgIpc) is 3.09. The van der Waals surface area contributed by atoms with E-state index in [4.69, 9.17) is 0 Å². The molecule has 0 amide bonds. The van der Waals surface area contributed by atoms with E-state index in [1.807, 2.05) is 37.3 Å². The maximum Gasteiger partial charge on any atom is 0.243 e. The van der Waals surface area contributed by atoms with Crippen molar-refractivity contribution >= 4 is 31.4 Å². The maximum atomic E-state index is 13.1. The highest BCUT2D eigenvalue weighted by molar-refractivity contribution is 7.89. The minimum absolute atomic E-state index is 0.0810. The molecule has 140 valence electrons. The van der Waals surface area contributed by atoms with Gasteiger partial charge in [-0.15, -0.1) is 24.5 Å². The molecule has 0 aliphatic heterocycles. The molecule has 3 rings (SSSR count). The predicted molar refractivity (Wildman–Crippen MR) is 115 cm³/mol. The fourth-order valence-corrected chi connectivity index (χ4v) is 5.55. The van der Waals surface area contributed by atoms with Gasteiger partial charge in [0.1, 0.15) is 0 Å². The molecule has 0 saturated carbocycles. The molecule has 3 nitrogen and oxygen atoms in total. The van der Waals surface area contributed by atoms with Crippen LogP contribution in [0.1, 0.15) is 16.4 Å². The molecule has 0 aliphatic carbocycles. The summed E-state index contributed by atoms with van der Waals surface area (Å²) in [6.07, 6.45) is 3.45. The third-order valence-corrected chi connectivity index (χ3v) is 7.58. The Morgan fingerprint density at radius 3 is 2.44 bits per heavy atom. The monoisotopic (exact) mass is 397 g/mol. The molecule has 0 radical (unpaired) electrons. The minimum atomic E-state index is -3.60. The summed E-state index contributed by atoms with van der Waals surface area (Å²) in [5.41, 5.74) is 1.03. The Bertz CT molecular complexity index is 1020. The van der Waals surface area contributed by atoms with Crippen LogP contribution in [0.2, 0.25) is 0 Å². The highest BCUT2D eigenvalue weighted by atomic mass is 32.2. The van der Waals surface area contributed by atoms with E-state index in [2.05, 4.69) is 31.4 Å². The second kappa shape index (κ2) is 8.21. The summed E-state index contributed by atoms with van der Waals surface area (Å²) in [5.74, 6) is -0.0810. The fourth-order valence-electron chi connectivity index (χ4n) is 2.96. The summed E-state index contributed by atoms with van der Waals surface area (Å²) < 4.78 is 28.9. The molecule has 0 saturated heterocycles. The van der Waals surface area contributed by atoms with E-state index in [9.17, 15) is 8.42 Å². The summed E-state index contributed by atoms with van der Waals surface area (Å²) in [7, 11) is -3.60. The Morgan fingerprint density at radius 2 is 1.81 bits per heavy atom. The van der Waals surface area contributed by atoms with Crippen molar-refractivity contribution in [2.75, 3.05) is 13.1 Å². The SMILES string of the molecule is C=CCN(CC(C=C)c1cc2ccccc2s1)S(=O)(=O)c1ccc(C)cc1. The lowest BCUT2D eigenvalue weighted by Crippen LogP contribution is -2.34. The third-order valence-electron chi connectivity index (χ3n) is 4.49. The Kier molecular flexibility index (Phi) is 5.95. The van der Waals surface area contributed by atoms with Crippen LogP contribution in [0, 0.1) is 6.92 Å². The zero-order chi connectivity index (χ0) is 19.4. The molecule has 2 aromatic carbocycles. The van der Waals surface area contributed by atoms with Crippen LogP contribution in [0.5, 0.6) is 0 Å². The van der Waals surface area contributed by atoms with E-state index >= 15 is 0 Å². The Labute approximate surface area is 165 Å². The minimum Gasteiger partial charge on any atom is -0.207 e. The van der Waals surface area contributed by atoms with Crippen LogP contribution in [-0.2, 0) is 10.0 Å². The van der Waals surface area contributed by atoms with E-state index in [0.717, 1.165) is 10.4 Å². The Balaban J connectivity index is 1.92. The van der Waals surface area contributed by atoms with Gasteiger partial charge in [0.15, 0.2) is 0 Å². The first kappa shape index (κ1) is 19.5. The van der Waals surface area contributed by atoms with Gasteiger partial charge in [-0.05, 0) is 36.6 Å². The lowest BCUT2D eigenvalue weighted by Gasteiger charge is -2.24. The summed E-state index contributed by atoms with van der Waals surface area (Å²) in [6, 6.07) is 17.2. The van der Waals surface area contributed by atoms with Gasteiger partial charge >= 0.3 is 0 Å². The van der Waals surface area contributed by atoms with E-state index in [0.29, 0.717) is 11.4 Å². The second-order valence-corrected chi connectivity index (χ2v) is 9.51. The molecule has 0 fully saturated rings. The van der Waals surface area contributed by atoms with Crippen molar-refractivity contribution in [2.45, 2.75) is 17.7 Å². The molecule has 0 aliphatic rings. The van der Waals surface area contributed by atoms with Crippen LogP contribution in [0.4, 0.5) is 0 Å². The summed E-state index contributed by atoms with van der Waals surface area (Å²) >= 11 is 1.68. The first-order chi connectivity index (χ1) is 13.0. The first-order valence-electron chi connectivity index (χ1n) is 8.74. The zero-order valence-corrected chi connectivity index (χ0v) is 17.0. The van der Waals surface area contributed by atoms with E-state index in [1.165, 1.54) is 14.4 Å². The van der Waals surface area contributed by atoms with Crippen molar-refractivity contribution in [3.63, 3.8) is 0 Å². The average molecular weight is 398 g/mol. The van der Waals surface area contributed by atoms with Crippen molar-refractivity contribution in [1.29, 1.82) is 0 Å². The molecule has 0 bridgehead atoms. The number of hydrogen-bond donors (Lipinski definition) is 0. The van der Waals surface area contributed by atoms with Gasteiger partial charge in [0.2, 0.25) is 10.0 Å². The van der Waals surface area contributed by atoms with E-state index in [-0.39, 0.29) is 12.5 Å². The smallest absolute Gasteiger partial charge is 0.207 e. The lowest BCUT2D eigenvalue weighted by molar-refractivity contribution is 0.433. The van der Waals surface area contributed by atoms with Crippen molar-refractivity contribution in [3.05, 3.63) is 90.3 Å². The topological polar surface area (TPSA) is 37.4 Å². The van der Waals surface area contributed by atoms with Gasteiger partial charge in [-0.1, -0.05) is 48.0 Å². The number of sulfonamides is 1. The molecule has 0 N–H and O–H groups in total. The standard InChI is InChI=1S/C22H23NO2S2/c1-4-14-23(27(24,25)20-12-10-17(3)11-13-20)16-18(5-2)22-15-19-8-6-7-9-21(19)26-22/h4-13,15,18H,1-2,14,16H2,3H3. The predicted octanol–water partition coefficient (Wildman–Crippen LogP) is 5.36. The largest absolute Gasteiger partial charge is 0.243 e. The van der Waals surface area contributed by atoms with Gasteiger partial charge in [0, 0.05) is 28.6 Å². The molecule has 1 aromatic heterocycles. The van der Waals surface area contributed by atoms with Crippen LogP contribution in [0.15, 0.2) is 84.8 Å². The van der Waals surface area contributed by atoms with Crippen LogP contribution in [0.3, 0.4) is 0 Å². The number of aryl methyl sites for hydroxylation is 1. The number of benzene rings is 2. The fraction of sp³-hybridized carbons (Fsp3) is 0.182. The van der Waals surface area contributed by atoms with Crippen molar-refractivity contribution in [2.24, 2.45) is 0 Å². The second-order valence-electron chi connectivity index (χ2n) is 6.45.